The summed E-state index contributed by atoms with van der Waals surface area (Å²) < 4.78 is 24.7. The van der Waals surface area contributed by atoms with Gasteiger partial charge >= 0.3 is 0 Å². The van der Waals surface area contributed by atoms with Gasteiger partial charge in [-0.15, -0.1) is 11.3 Å². The van der Waals surface area contributed by atoms with E-state index in [2.05, 4.69) is 9.97 Å². The first-order valence-electron chi connectivity index (χ1n) is 8.81. The summed E-state index contributed by atoms with van der Waals surface area (Å²) in [6.07, 6.45) is 2.62. The van der Waals surface area contributed by atoms with Crippen molar-refractivity contribution in [3.05, 3.63) is 39.5 Å². The molecule has 0 aromatic carbocycles. The Morgan fingerprint density at radius 2 is 2.07 bits per heavy atom. The predicted molar refractivity (Wildman–Crippen MR) is 109 cm³/mol. The van der Waals surface area contributed by atoms with Crippen LogP contribution in [0.4, 0.5) is 5.82 Å². The number of hydrazine groups is 1. The predicted octanol–water partition coefficient (Wildman–Crippen LogP) is 0.823. The molecule has 0 spiro atoms. The Kier molecular flexibility index (Phi) is 5.87. The summed E-state index contributed by atoms with van der Waals surface area (Å²) in [6, 6.07) is 2.52. The number of amides is 2. The molecular formula is C17H22N6O4S2. The van der Waals surface area contributed by atoms with E-state index in [1.165, 1.54) is 30.5 Å². The number of likely N-dealkylation sites (tertiary alicyclic amines) is 1. The third-order valence-electron chi connectivity index (χ3n) is 4.68. The van der Waals surface area contributed by atoms with Crippen molar-refractivity contribution in [2.45, 2.75) is 25.8 Å². The number of hydrogen-bond donors (Lipinski definition) is 2. The lowest BCUT2D eigenvalue weighted by Gasteiger charge is -2.24. The summed E-state index contributed by atoms with van der Waals surface area (Å²) in [6.45, 7) is 2.44. The molecule has 0 bridgehead atoms. The minimum atomic E-state index is -3.64. The van der Waals surface area contributed by atoms with Crippen molar-refractivity contribution in [1.82, 2.24) is 20.3 Å². The lowest BCUT2D eigenvalue weighted by Crippen LogP contribution is -2.34. The maximum absolute atomic E-state index is 13.3. The van der Waals surface area contributed by atoms with Crippen LogP contribution in [0.15, 0.2) is 17.5 Å². The number of nitrogens with zero attached hydrogens (tertiary/aromatic N) is 4. The number of aryl methyl sites for hydroxylation is 1. The van der Waals surface area contributed by atoms with Gasteiger partial charge in [-0.05, 0) is 31.9 Å². The SMILES string of the molecule is Cc1csc(C2CCCN2C(=O)c2cc(C(=O)NN)nc(N(C)S(C)(=O)=O)c2)n1. The number of nitrogens with two attached hydrogens (primary N) is 1. The first kappa shape index (κ1) is 21.1. The second-order valence-electron chi connectivity index (χ2n) is 6.79. The maximum atomic E-state index is 13.3. The normalized spacial score (nSPS) is 16.7. The monoisotopic (exact) mass is 438 g/mol. The molecule has 3 heterocycles. The van der Waals surface area contributed by atoms with Crippen molar-refractivity contribution >= 4 is 39.0 Å². The lowest BCUT2D eigenvalue weighted by molar-refractivity contribution is 0.0735. The number of thiazole rings is 1. The lowest BCUT2D eigenvalue weighted by atomic mass is 10.1. The summed E-state index contributed by atoms with van der Waals surface area (Å²) in [7, 11) is -2.34. The average Bonchev–Trinajstić information content (AvgIpc) is 3.33. The minimum absolute atomic E-state index is 0.0437. The van der Waals surface area contributed by atoms with Crippen LogP contribution in [0.1, 0.15) is 50.4 Å². The molecular weight excluding hydrogens is 416 g/mol. The van der Waals surface area contributed by atoms with Crippen LogP contribution < -0.4 is 15.6 Å². The first-order chi connectivity index (χ1) is 13.6. The van der Waals surface area contributed by atoms with Crippen LogP contribution in [-0.2, 0) is 10.0 Å². The standard InChI is InChI=1S/C17H22N6O4S2/c1-10-9-28-16(19-10)13-5-4-6-23(13)17(25)11-7-12(15(24)21-18)20-14(8-11)22(2)29(3,26)27/h7-9,13H,4-6,18H2,1-3H3,(H,21,24). The van der Waals surface area contributed by atoms with E-state index in [4.69, 9.17) is 5.84 Å². The van der Waals surface area contributed by atoms with Crippen LogP contribution in [0.2, 0.25) is 0 Å². The molecule has 0 aliphatic carbocycles. The Morgan fingerprint density at radius 1 is 1.34 bits per heavy atom. The molecule has 0 radical (unpaired) electrons. The summed E-state index contributed by atoms with van der Waals surface area (Å²) in [5, 5.41) is 2.79. The number of anilines is 1. The zero-order chi connectivity index (χ0) is 21.3. The Morgan fingerprint density at radius 3 is 2.66 bits per heavy atom. The summed E-state index contributed by atoms with van der Waals surface area (Å²) in [5.74, 6) is 4.10. The van der Waals surface area contributed by atoms with Crippen molar-refractivity contribution in [3.63, 3.8) is 0 Å². The molecule has 156 valence electrons. The molecule has 0 saturated carbocycles. The van der Waals surface area contributed by atoms with Crippen molar-refractivity contribution < 1.29 is 18.0 Å². The van der Waals surface area contributed by atoms with Crippen LogP contribution in [0, 0.1) is 6.92 Å². The zero-order valence-electron chi connectivity index (χ0n) is 16.2. The second kappa shape index (κ2) is 8.05. The number of nitrogens with one attached hydrogen (secondary N) is 1. The van der Waals surface area contributed by atoms with Crippen LogP contribution in [-0.4, -0.2) is 54.9 Å². The van der Waals surface area contributed by atoms with Crippen molar-refractivity contribution in [3.8, 4) is 0 Å². The van der Waals surface area contributed by atoms with Crippen LogP contribution in [0.5, 0.6) is 0 Å². The molecule has 1 saturated heterocycles. The largest absolute Gasteiger partial charge is 0.329 e. The van der Waals surface area contributed by atoms with Gasteiger partial charge in [0.25, 0.3) is 11.8 Å². The molecule has 1 aliphatic rings. The van der Waals surface area contributed by atoms with Gasteiger partial charge in [-0.25, -0.2) is 24.2 Å². The third-order valence-corrected chi connectivity index (χ3v) is 6.92. The highest BCUT2D eigenvalue weighted by atomic mass is 32.2. The number of hydrogen-bond acceptors (Lipinski definition) is 8. The van der Waals surface area contributed by atoms with E-state index >= 15 is 0 Å². The molecule has 2 aromatic heterocycles. The first-order valence-corrected chi connectivity index (χ1v) is 11.5. The fourth-order valence-corrected chi connectivity index (χ4v) is 4.49. The van der Waals surface area contributed by atoms with Gasteiger partial charge in [0, 0.05) is 30.2 Å². The Balaban J connectivity index is 2.02. The number of carbonyl (C=O) groups is 2. The minimum Gasteiger partial charge on any atom is -0.329 e. The maximum Gasteiger partial charge on any atom is 0.283 e. The number of sulfonamides is 1. The van der Waals surface area contributed by atoms with Gasteiger partial charge in [0.1, 0.15) is 16.5 Å². The van der Waals surface area contributed by atoms with Gasteiger partial charge in [-0.1, -0.05) is 0 Å². The van der Waals surface area contributed by atoms with E-state index < -0.39 is 15.9 Å². The van der Waals surface area contributed by atoms with Crippen molar-refractivity contribution in [1.29, 1.82) is 0 Å². The van der Waals surface area contributed by atoms with E-state index in [0.717, 1.165) is 34.1 Å². The summed E-state index contributed by atoms with van der Waals surface area (Å²) >= 11 is 1.50. The molecule has 12 heteroatoms. The summed E-state index contributed by atoms with van der Waals surface area (Å²) in [4.78, 5) is 35.5. The molecule has 1 aliphatic heterocycles. The van der Waals surface area contributed by atoms with Gasteiger partial charge in [0.15, 0.2) is 0 Å². The smallest absolute Gasteiger partial charge is 0.283 e. The van der Waals surface area contributed by atoms with Gasteiger partial charge in [0.2, 0.25) is 10.0 Å². The fraction of sp³-hybridized carbons (Fsp3) is 0.412. The fourth-order valence-electron chi connectivity index (χ4n) is 3.12. The van der Waals surface area contributed by atoms with Crippen molar-refractivity contribution in [2.24, 2.45) is 5.84 Å². The average molecular weight is 439 g/mol. The number of rotatable bonds is 5. The topological polar surface area (TPSA) is 139 Å². The Labute approximate surface area is 172 Å². The van der Waals surface area contributed by atoms with E-state index in [1.807, 2.05) is 17.7 Å². The number of carbonyl (C=O) groups excluding carboxylic acids is 2. The Bertz CT molecular complexity index is 1050. The van der Waals surface area contributed by atoms with Gasteiger partial charge < -0.3 is 4.90 Å². The van der Waals surface area contributed by atoms with E-state index in [-0.39, 0.29) is 29.0 Å². The van der Waals surface area contributed by atoms with E-state index in [1.54, 1.807) is 4.90 Å². The number of aromatic nitrogens is 2. The van der Waals surface area contributed by atoms with Gasteiger partial charge in [0.05, 0.1) is 12.3 Å². The molecule has 10 nitrogen and oxygen atoms in total. The van der Waals surface area contributed by atoms with Gasteiger partial charge in [-0.3, -0.25) is 19.3 Å². The van der Waals surface area contributed by atoms with E-state index in [0.29, 0.717) is 6.54 Å². The molecule has 1 unspecified atom stereocenters. The molecule has 1 atom stereocenters. The van der Waals surface area contributed by atoms with E-state index in [9.17, 15) is 18.0 Å². The van der Waals surface area contributed by atoms with Crippen LogP contribution >= 0.6 is 11.3 Å². The molecule has 29 heavy (non-hydrogen) atoms. The third kappa shape index (κ3) is 4.38. The highest BCUT2D eigenvalue weighted by molar-refractivity contribution is 7.92. The Hall–Kier alpha value is -2.57. The van der Waals surface area contributed by atoms with Crippen LogP contribution in [0.25, 0.3) is 0 Å². The highest BCUT2D eigenvalue weighted by Gasteiger charge is 2.33. The second-order valence-corrected chi connectivity index (χ2v) is 9.69. The van der Waals surface area contributed by atoms with Crippen molar-refractivity contribution in [2.75, 3.05) is 24.2 Å². The molecule has 2 amide bonds. The number of nitrogen functional groups attached to an aromatic ring is 1. The zero-order valence-corrected chi connectivity index (χ0v) is 17.9. The number of pyridine rings is 1. The highest BCUT2D eigenvalue weighted by Crippen LogP contribution is 2.35. The van der Waals surface area contributed by atoms with Gasteiger partial charge in [-0.2, -0.15) is 0 Å². The van der Waals surface area contributed by atoms with Crippen LogP contribution in [0.3, 0.4) is 0 Å². The summed E-state index contributed by atoms with van der Waals surface area (Å²) in [5.41, 5.74) is 2.86. The molecule has 2 aromatic rings. The molecule has 3 rings (SSSR count). The molecule has 3 N–H and O–H groups in total. The molecule has 1 fully saturated rings. The quantitative estimate of drug-likeness (QED) is 0.400.